The minimum Gasteiger partial charge on any atom is -0.461 e. The average Bonchev–Trinajstić information content (AvgIpc) is 3.16. The Morgan fingerprint density at radius 3 is 2.81 bits per heavy atom. The molecule has 3 heterocycles. The zero-order chi connectivity index (χ0) is 22.9. The molecule has 4 rings (SSSR count). The highest BCUT2D eigenvalue weighted by Crippen LogP contribution is 2.27. The molecular formula is C22H26N4O5S. The first kappa shape index (κ1) is 22.2. The molecule has 3 aromatic rings. The van der Waals surface area contributed by atoms with Crippen LogP contribution in [0.5, 0.6) is 0 Å². The lowest BCUT2D eigenvalue weighted by molar-refractivity contribution is 0.0520. The van der Waals surface area contributed by atoms with Gasteiger partial charge in [0.05, 0.1) is 37.3 Å². The first-order valence-corrected chi connectivity index (χ1v) is 12.5. The van der Waals surface area contributed by atoms with E-state index in [1.165, 1.54) is 6.26 Å². The van der Waals surface area contributed by atoms with E-state index in [1.807, 2.05) is 25.1 Å². The van der Waals surface area contributed by atoms with Gasteiger partial charge in [0.25, 0.3) is 0 Å². The molecule has 0 amide bonds. The molecule has 1 atom stereocenters. The summed E-state index contributed by atoms with van der Waals surface area (Å²) in [5.74, 6) is 0.504. The van der Waals surface area contributed by atoms with Gasteiger partial charge in [0.15, 0.2) is 15.7 Å². The second-order valence-corrected chi connectivity index (χ2v) is 10.1. The molecule has 1 saturated heterocycles. The molecule has 32 heavy (non-hydrogen) atoms. The largest absolute Gasteiger partial charge is 0.461 e. The van der Waals surface area contributed by atoms with E-state index in [0.29, 0.717) is 55.0 Å². The summed E-state index contributed by atoms with van der Waals surface area (Å²) >= 11 is 0. The van der Waals surface area contributed by atoms with E-state index in [-0.39, 0.29) is 11.8 Å². The molecule has 9 nitrogen and oxygen atoms in total. The van der Waals surface area contributed by atoms with Gasteiger partial charge in [-0.25, -0.2) is 23.2 Å². The summed E-state index contributed by atoms with van der Waals surface area (Å²) in [6.07, 6.45) is 1.19. The number of esters is 1. The second kappa shape index (κ2) is 8.87. The summed E-state index contributed by atoms with van der Waals surface area (Å²) in [4.78, 5) is 26.5. The number of carbonyl (C=O) groups is 1. The van der Waals surface area contributed by atoms with Crippen LogP contribution in [0.4, 0.5) is 5.82 Å². The lowest BCUT2D eigenvalue weighted by Gasteiger charge is -2.34. The van der Waals surface area contributed by atoms with Crippen molar-refractivity contribution in [3.63, 3.8) is 0 Å². The Morgan fingerprint density at radius 1 is 1.28 bits per heavy atom. The number of rotatable bonds is 6. The monoisotopic (exact) mass is 458 g/mol. The molecule has 0 saturated carbocycles. The number of ether oxygens (including phenoxy) is 2. The van der Waals surface area contributed by atoms with Crippen LogP contribution in [0.1, 0.15) is 30.0 Å². The van der Waals surface area contributed by atoms with E-state index in [4.69, 9.17) is 14.5 Å². The number of aromatic nitrogens is 3. The molecule has 0 unspecified atom stereocenters. The van der Waals surface area contributed by atoms with Crippen LogP contribution in [0.3, 0.4) is 0 Å². The molecule has 10 heteroatoms. The first-order valence-electron chi connectivity index (χ1n) is 10.4. The van der Waals surface area contributed by atoms with Gasteiger partial charge in [-0.3, -0.25) is 0 Å². The number of aromatic amines is 1. The number of hydrogen-bond acceptors (Lipinski definition) is 8. The van der Waals surface area contributed by atoms with Crippen molar-refractivity contribution in [2.24, 2.45) is 0 Å². The van der Waals surface area contributed by atoms with Gasteiger partial charge in [-0.1, -0.05) is 12.1 Å². The van der Waals surface area contributed by atoms with Crippen molar-refractivity contribution in [3.8, 4) is 11.4 Å². The average molecular weight is 459 g/mol. The fourth-order valence-electron chi connectivity index (χ4n) is 3.75. The van der Waals surface area contributed by atoms with Crippen LogP contribution in [-0.2, 0) is 25.1 Å². The van der Waals surface area contributed by atoms with E-state index in [9.17, 15) is 13.2 Å². The fourth-order valence-corrected chi connectivity index (χ4v) is 4.44. The van der Waals surface area contributed by atoms with Crippen LogP contribution in [0.2, 0.25) is 0 Å². The Hall–Kier alpha value is -2.98. The quantitative estimate of drug-likeness (QED) is 0.561. The number of carbonyl (C=O) groups excluding carboxylic acids is 1. The molecule has 2 aromatic heterocycles. The Kier molecular flexibility index (Phi) is 6.16. The summed E-state index contributed by atoms with van der Waals surface area (Å²) < 4.78 is 34.5. The molecule has 1 aromatic carbocycles. The van der Waals surface area contributed by atoms with Gasteiger partial charge >= 0.3 is 5.97 Å². The zero-order valence-electron chi connectivity index (χ0n) is 18.3. The Bertz CT molecular complexity index is 1250. The van der Waals surface area contributed by atoms with Gasteiger partial charge in [0.1, 0.15) is 11.5 Å². The fraction of sp³-hybridized carbons (Fsp3) is 0.409. The summed E-state index contributed by atoms with van der Waals surface area (Å²) in [5.41, 5.74) is 2.26. The summed E-state index contributed by atoms with van der Waals surface area (Å²) in [5, 5.41) is 0.853. The minimum atomic E-state index is -3.27. The van der Waals surface area contributed by atoms with Crippen LogP contribution >= 0.6 is 0 Å². The highest BCUT2D eigenvalue weighted by atomic mass is 32.2. The molecule has 170 valence electrons. The molecule has 1 aliphatic heterocycles. The van der Waals surface area contributed by atoms with Gasteiger partial charge < -0.3 is 19.4 Å². The first-order chi connectivity index (χ1) is 15.2. The van der Waals surface area contributed by atoms with E-state index in [2.05, 4.69) is 14.9 Å². The molecule has 0 aliphatic carbocycles. The summed E-state index contributed by atoms with van der Waals surface area (Å²) in [6.45, 7) is 5.91. The molecule has 0 spiro atoms. The van der Waals surface area contributed by atoms with Gasteiger partial charge in [0, 0.05) is 35.3 Å². The Balaban J connectivity index is 1.77. The number of benzene rings is 1. The standard InChI is InChI=1S/C22H26N4O5S/c1-4-31-22(27)19-9-15-5-6-16(10-18(15)24-19)21-23-17(13-32(3,28)29)11-20(25-21)26-7-8-30-12-14(26)2/h5-6,9-11,14,24H,4,7-8,12-13H2,1-3H3/t14-/m0/s1. The third-order valence-corrected chi connectivity index (χ3v) is 6.03. The maximum absolute atomic E-state index is 12.0. The third kappa shape index (κ3) is 4.91. The lowest BCUT2D eigenvalue weighted by Crippen LogP contribution is -2.44. The predicted octanol–water partition coefficient (Wildman–Crippen LogP) is 2.57. The SMILES string of the molecule is CCOC(=O)c1cc2ccc(-c3nc(CS(C)(=O)=O)cc(N4CCOC[C@@H]4C)n3)cc2[nH]1. The lowest BCUT2D eigenvalue weighted by atomic mass is 10.1. The van der Waals surface area contributed by atoms with Crippen LogP contribution in [-0.4, -0.2) is 68.0 Å². The predicted molar refractivity (Wildman–Crippen MR) is 121 cm³/mol. The molecule has 1 fully saturated rings. The van der Waals surface area contributed by atoms with Gasteiger partial charge in [0.2, 0.25) is 0 Å². The van der Waals surface area contributed by atoms with E-state index in [0.717, 1.165) is 10.9 Å². The van der Waals surface area contributed by atoms with Crippen LogP contribution < -0.4 is 4.90 Å². The molecule has 1 aliphatic rings. The van der Waals surface area contributed by atoms with Crippen molar-refractivity contribution in [2.45, 2.75) is 25.6 Å². The third-order valence-electron chi connectivity index (χ3n) is 5.21. The number of morpholine rings is 1. The Morgan fingerprint density at radius 2 is 2.09 bits per heavy atom. The molecule has 0 bridgehead atoms. The maximum atomic E-state index is 12.0. The number of H-pyrrole nitrogens is 1. The van der Waals surface area contributed by atoms with Gasteiger partial charge in [-0.05, 0) is 26.0 Å². The van der Waals surface area contributed by atoms with E-state index < -0.39 is 15.8 Å². The highest BCUT2D eigenvalue weighted by molar-refractivity contribution is 7.89. The van der Waals surface area contributed by atoms with Crippen LogP contribution in [0.25, 0.3) is 22.3 Å². The second-order valence-electron chi connectivity index (χ2n) is 7.93. The number of sulfone groups is 1. The number of anilines is 1. The summed E-state index contributed by atoms with van der Waals surface area (Å²) in [6, 6.07) is 9.15. The summed E-state index contributed by atoms with van der Waals surface area (Å²) in [7, 11) is -3.27. The Labute approximate surface area is 186 Å². The number of nitrogens with zero attached hydrogens (tertiary/aromatic N) is 3. The van der Waals surface area contributed by atoms with Crippen LogP contribution in [0, 0.1) is 0 Å². The van der Waals surface area contributed by atoms with Crippen molar-refractivity contribution in [1.29, 1.82) is 0 Å². The highest BCUT2D eigenvalue weighted by Gasteiger charge is 2.23. The number of fused-ring (bicyclic) bond motifs is 1. The minimum absolute atomic E-state index is 0.107. The van der Waals surface area contributed by atoms with Crippen molar-refractivity contribution in [1.82, 2.24) is 15.0 Å². The number of nitrogens with one attached hydrogen (secondary N) is 1. The van der Waals surface area contributed by atoms with Crippen molar-refractivity contribution in [2.75, 3.05) is 37.5 Å². The topological polar surface area (TPSA) is 114 Å². The van der Waals surface area contributed by atoms with Crippen LogP contribution in [0.15, 0.2) is 30.3 Å². The molecular weight excluding hydrogens is 432 g/mol. The molecule has 1 N–H and O–H groups in total. The van der Waals surface area contributed by atoms with Crippen molar-refractivity contribution in [3.05, 3.63) is 41.7 Å². The van der Waals surface area contributed by atoms with Crippen molar-refractivity contribution < 1.29 is 22.7 Å². The van der Waals surface area contributed by atoms with Gasteiger partial charge in [-0.2, -0.15) is 0 Å². The smallest absolute Gasteiger partial charge is 0.354 e. The van der Waals surface area contributed by atoms with E-state index in [1.54, 1.807) is 19.1 Å². The molecule has 0 radical (unpaired) electrons. The maximum Gasteiger partial charge on any atom is 0.354 e. The van der Waals surface area contributed by atoms with Gasteiger partial charge in [-0.15, -0.1) is 0 Å². The normalized spacial score (nSPS) is 17.0. The number of hydrogen-bond donors (Lipinski definition) is 1. The zero-order valence-corrected chi connectivity index (χ0v) is 19.1. The van der Waals surface area contributed by atoms with E-state index >= 15 is 0 Å². The van der Waals surface area contributed by atoms with Crippen molar-refractivity contribution >= 4 is 32.5 Å².